The van der Waals surface area contributed by atoms with Crippen LogP contribution in [-0.4, -0.2) is 51.2 Å². The van der Waals surface area contributed by atoms with Crippen LogP contribution in [0.5, 0.6) is 0 Å². The first kappa shape index (κ1) is 21.9. The number of likely N-dealkylation sites (tertiary alicyclic amines) is 1. The van der Waals surface area contributed by atoms with Gasteiger partial charge in [0.2, 0.25) is 11.8 Å². The van der Waals surface area contributed by atoms with Gasteiger partial charge in [-0.3, -0.25) is 19.1 Å². The Hall–Kier alpha value is -3.34. The number of rotatable bonds is 5. The van der Waals surface area contributed by atoms with Gasteiger partial charge in [0.15, 0.2) is 11.5 Å². The minimum Gasteiger partial charge on any atom is -0.364 e. The van der Waals surface area contributed by atoms with Crippen molar-refractivity contribution in [1.82, 2.24) is 14.7 Å². The summed E-state index contributed by atoms with van der Waals surface area (Å²) in [4.78, 5) is 38.6. The number of aromatic nitrogens is 2. The quantitative estimate of drug-likeness (QED) is 0.555. The van der Waals surface area contributed by atoms with E-state index in [1.165, 1.54) is 22.9 Å². The summed E-state index contributed by atoms with van der Waals surface area (Å²) >= 11 is 3.04. The molecule has 1 fully saturated rings. The highest BCUT2D eigenvalue weighted by Gasteiger charge is 2.40. The number of fused-ring (bicyclic) bond motifs is 1. The summed E-state index contributed by atoms with van der Waals surface area (Å²) in [6, 6.07) is 10.0. The Morgan fingerprint density at radius 1 is 1.19 bits per heavy atom. The lowest BCUT2D eigenvalue weighted by Crippen LogP contribution is -2.44. The summed E-state index contributed by atoms with van der Waals surface area (Å²) < 4.78 is 29.9. The second-order valence-electron chi connectivity index (χ2n) is 7.37. The number of hydrogen-bond acceptors (Lipinski definition) is 4. The number of hydrogen-bond donors (Lipinski definition) is 2. The summed E-state index contributed by atoms with van der Waals surface area (Å²) in [6.07, 6.45) is -1.61. The lowest BCUT2D eigenvalue weighted by molar-refractivity contribution is -0.137. The number of amides is 3. The number of nitrogens with two attached hydrogens (primary N) is 1. The number of alkyl halides is 1. The smallest absolute Gasteiger partial charge is 0.269 e. The van der Waals surface area contributed by atoms with Crippen molar-refractivity contribution in [3.63, 3.8) is 0 Å². The maximum absolute atomic E-state index is 14.2. The van der Waals surface area contributed by atoms with Gasteiger partial charge < -0.3 is 16.0 Å². The molecular formula is C21H18BrF2N5O3. The Bertz CT molecular complexity index is 1230. The molecule has 1 aromatic heterocycles. The molecule has 0 spiro atoms. The van der Waals surface area contributed by atoms with Crippen LogP contribution in [0, 0.1) is 5.82 Å². The molecule has 0 saturated carbocycles. The van der Waals surface area contributed by atoms with E-state index in [0.717, 1.165) is 4.90 Å². The molecule has 2 aromatic carbocycles. The number of carbonyl (C=O) groups excluding carboxylic acids is 3. The number of para-hydroxylation sites is 1. The Morgan fingerprint density at radius 3 is 2.69 bits per heavy atom. The molecule has 3 amide bonds. The van der Waals surface area contributed by atoms with Gasteiger partial charge in [-0.15, -0.1) is 0 Å². The predicted molar refractivity (Wildman–Crippen MR) is 116 cm³/mol. The Morgan fingerprint density at radius 2 is 1.94 bits per heavy atom. The van der Waals surface area contributed by atoms with E-state index in [1.54, 1.807) is 24.3 Å². The van der Waals surface area contributed by atoms with Crippen LogP contribution in [0.2, 0.25) is 0 Å². The SMILES string of the molecule is NC(=O)c1nn(CC(=O)N2C[C@H](F)C[C@H]2C(=O)Nc2cccc(Br)c2F)c2ccccc12. The zero-order valence-electron chi connectivity index (χ0n) is 16.6. The van der Waals surface area contributed by atoms with E-state index in [-0.39, 0.29) is 35.4 Å². The van der Waals surface area contributed by atoms with Gasteiger partial charge in [-0.2, -0.15) is 5.10 Å². The summed E-state index contributed by atoms with van der Waals surface area (Å²) in [5.41, 5.74) is 5.81. The Kier molecular flexibility index (Phi) is 5.92. The third-order valence-electron chi connectivity index (χ3n) is 5.26. The number of nitrogens with zero attached hydrogens (tertiary/aromatic N) is 3. The van der Waals surface area contributed by atoms with Crippen molar-refractivity contribution in [3.05, 3.63) is 58.4 Å². The Balaban J connectivity index is 1.56. The lowest BCUT2D eigenvalue weighted by Gasteiger charge is -2.24. The number of halogens is 3. The third kappa shape index (κ3) is 4.07. The van der Waals surface area contributed by atoms with Crippen molar-refractivity contribution in [1.29, 1.82) is 0 Å². The minimum absolute atomic E-state index is 0.0117. The fourth-order valence-electron chi connectivity index (χ4n) is 3.77. The highest BCUT2D eigenvalue weighted by atomic mass is 79.9. The van der Waals surface area contributed by atoms with Gasteiger partial charge in [0.05, 0.1) is 22.2 Å². The first-order valence-corrected chi connectivity index (χ1v) is 10.5. The molecule has 32 heavy (non-hydrogen) atoms. The molecule has 0 bridgehead atoms. The average molecular weight is 506 g/mol. The molecule has 0 aliphatic carbocycles. The average Bonchev–Trinajstić information content (AvgIpc) is 3.33. The van der Waals surface area contributed by atoms with E-state index in [9.17, 15) is 23.2 Å². The van der Waals surface area contributed by atoms with Crippen LogP contribution in [-0.2, 0) is 16.1 Å². The molecule has 0 unspecified atom stereocenters. The van der Waals surface area contributed by atoms with Crippen LogP contribution >= 0.6 is 15.9 Å². The van der Waals surface area contributed by atoms with Crippen molar-refractivity contribution in [2.45, 2.75) is 25.2 Å². The normalized spacial score (nSPS) is 18.2. The van der Waals surface area contributed by atoms with Gasteiger partial charge in [-0.25, -0.2) is 8.78 Å². The molecule has 3 N–H and O–H groups in total. The van der Waals surface area contributed by atoms with E-state index < -0.39 is 35.8 Å². The van der Waals surface area contributed by atoms with Crippen LogP contribution in [0.3, 0.4) is 0 Å². The molecule has 0 radical (unpaired) electrons. The second kappa shape index (κ2) is 8.65. The molecule has 4 rings (SSSR count). The molecule has 1 aliphatic rings. The van der Waals surface area contributed by atoms with Crippen LogP contribution in [0.15, 0.2) is 46.9 Å². The van der Waals surface area contributed by atoms with Crippen molar-refractivity contribution in [2.24, 2.45) is 5.73 Å². The van der Waals surface area contributed by atoms with E-state index >= 15 is 0 Å². The van der Waals surface area contributed by atoms with Gasteiger partial charge in [-0.1, -0.05) is 24.3 Å². The van der Waals surface area contributed by atoms with Crippen LogP contribution in [0.4, 0.5) is 14.5 Å². The summed E-state index contributed by atoms with van der Waals surface area (Å²) in [5, 5.41) is 7.03. The molecule has 8 nitrogen and oxygen atoms in total. The monoisotopic (exact) mass is 505 g/mol. The highest BCUT2D eigenvalue weighted by Crippen LogP contribution is 2.26. The molecule has 166 valence electrons. The lowest BCUT2D eigenvalue weighted by atomic mass is 10.2. The number of primary amides is 1. The van der Waals surface area contributed by atoms with Crippen molar-refractivity contribution >= 4 is 50.2 Å². The van der Waals surface area contributed by atoms with E-state index in [1.807, 2.05) is 0 Å². The van der Waals surface area contributed by atoms with Crippen molar-refractivity contribution < 1.29 is 23.2 Å². The number of anilines is 1. The first-order chi connectivity index (χ1) is 15.3. The summed E-state index contributed by atoms with van der Waals surface area (Å²) in [7, 11) is 0. The highest BCUT2D eigenvalue weighted by molar-refractivity contribution is 9.10. The molecule has 11 heteroatoms. The third-order valence-corrected chi connectivity index (χ3v) is 5.87. The predicted octanol–water partition coefficient (Wildman–Crippen LogP) is 2.61. The van der Waals surface area contributed by atoms with Crippen LogP contribution in [0.25, 0.3) is 10.9 Å². The minimum atomic E-state index is -1.40. The van der Waals surface area contributed by atoms with Crippen molar-refractivity contribution in [2.75, 3.05) is 11.9 Å². The maximum Gasteiger partial charge on any atom is 0.269 e. The van der Waals surface area contributed by atoms with E-state index in [2.05, 4.69) is 26.3 Å². The fourth-order valence-corrected chi connectivity index (χ4v) is 4.14. The standard InChI is InChI=1S/C21H18BrF2N5O3/c22-13-5-3-6-14(18(13)24)26-21(32)16-8-11(23)9-28(16)17(30)10-29-15-7-2-1-4-12(15)19(27-29)20(25)31/h1-7,11,16H,8-10H2,(H2,25,31)(H,26,32)/t11-,16+/m1/s1. The van der Waals surface area contributed by atoms with Crippen molar-refractivity contribution in [3.8, 4) is 0 Å². The first-order valence-electron chi connectivity index (χ1n) is 9.70. The van der Waals surface area contributed by atoms with E-state index in [0.29, 0.717) is 10.9 Å². The summed E-state index contributed by atoms with van der Waals surface area (Å²) in [6.45, 7) is -0.602. The van der Waals surface area contributed by atoms with Gasteiger partial charge in [-0.05, 0) is 34.1 Å². The van der Waals surface area contributed by atoms with Gasteiger partial charge in [0.25, 0.3) is 5.91 Å². The Labute approximate surface area is 189 Å². The molecule has 2 heterocycles. The maximum atomic E-state index is 14.2. The van der Waals surface area contributed by atoms with Gasteiger partial charge in [0.1, 0.15) is 18.8 Å². The zero-order chi connectivity index (χ0) is 23.0. The topological polar surface area (TPSA) is 110 Å². The van der Waals surface area contributed by atoms with Gasteiger partial charge >= 0.3 is 0 Å². The fraction of sp³-hybridized carbons (Fsp3) is 0.238. The zero-order valence-corrected chi connectivity index (χ0v) is 18.2. The molecule has 1 aliphatic heterocycles. The van der Waals surface area contributed by atoms with E-state index in [4.69, 9.17) is 5.73 Å². The molecule has 1 saturated heterocycles. The number of benzene rings is 2. The number of nitrogens with one attached hydrogen (secondary N) is 1. The van der Waals surface area contributed by atoms with Gasteiger partial charge in [0, 0.05) is 11.8 Å². The van der Waals surface area contributed by atoms with Crippen LogP contribution in [0.1, 0.15) is 16.9 Å². The second-order valence-corrected chi connectivity index (χ2v) is 8.23. The largest absolute Gasteiger partial charge is 0.364 e. The molecule has 3 aromatic rings. The molecule has 2 atom stereocenters. The molecular weight excluding hydrogens is 488 g/mol. The summed E-state index contributed by atoms with van der Waals surface area (Å²) in [5.74, 6) is -2.68. The number of carbonyl (C=O) groups is 3. The van der Waals surface area contributed by atoms with Crippen LogP contribution < -0.4 is 11.1 Å².